The molecule has 8 heteroatoms. The monoisotopic (exact) mass is 541 g/mol. The minimum atomic E-state index is -3.28. The predicted molar refractivity (Wildman–Crippen MR) is 148 cm³/mol. The van der Waals surface area contributed by atoms with Crippen LogP contribution in [0.15, 0.2) is 102 Å². The smallest absolute Gasteiger partial charge is 0.407 e. The van der Waals surface area contributed by atoms with Gasteiger partial charge in [0, 0.05) is 18.6 Å². The van der Waals surface area contributed by atoms with Crippen LogP contribution in [0.4, 0.5) is 4.79 Å². The number of hydrogen-bond acceptors (Lipinski definition) is 5. The van der Waals surface area contributed by atoms with Crippen LogP contribution in [0.3, 0.4) is 0 Å². The molecule has 4 aromatic carbocycles. The van der Waals surface area contributed by atoms with Crippen LogP contribution < -0.4 is 5.32 Å². The van der Waals surface area contributed by atoms with Crippen molar-refractivity contribution in [2.45, 2.75) is 23.3 Å². The van der Waals surface area contributed by atoms with Crippen LogP contribution in [0, 0.1) is 0 Å². The second kappa shape index (κ2) is 10.7. The van der Waals surface area contributed by atoms with Gasteiger partial charge in [0.05, 0.1) is 4.90 Å². The number of benzene rings is 4. The first-order chi connectivity index (χ1) is 18.7. The Bertz CT molecular complexity index is 1580. The zero-order valence-corrected chi connectivity index (χ0v) is 22.0. The average molecular weight is 542 g/mol. The second-order valence-corrected chi connectivity index (χ2v) is 11.6. The fourth-order valence-corrected chi connectivity index (χ4v) is 5.58. The third-order valence-electron chi connectivity index (χ3n) is 6.94. The van der Waals surface area contributed by atoms with Crippen molar-refractivity contribution >= 4 is 21.9 Å². The Balaban J connectivity index is 1.22. The standard InChI is InChI=1S/C31H27NO6S/c1-39(36,37)23-16-14-22(15-17-23)21-12-10-20(11-13-21)18-29(30(33)34)32-31(35)38-19-28-26-8-4-2-6-24(26)25-7-3-5-9-27(25)28/h2-17,28-29H,18-19H2,1H3,(H,32,35)(H,33,34)/t29-/m0/s1. The number of carbonyl (C=O) groups excluding carboxylic acids is 1. The first kappa shape index (κ1) is 26.2. The highest BCUT2D eigenvalue weighted by Crippen LogP contribution is 2.44. The lowest BCUT2D eigenvalue weighted by molar-refractivity contribution is -0.139. The van der Waals surface area contributed by atoms with Gasteiger partial charge in [-0.25, -0.2) is 18.0 Å². The molecule has 0 saturated heterocycles. The molecule has 0 bridgehead atoms. The Morgan fingerprint density at radius 2 is 1.33 bits per heavy atom. The summed E-state index contributed by atoms with van der Waals surface area (Å²) in [6, 6.07) is 28.6. The van der Waals surface area contributed by atoms with Crippen LogP contribution >= 0.6 is 0 Å². The van der Waals surface area contributed by atoms with Crippen LogP contribution in [0.1, 0.15) is 22.6 Å². The van der Waals surface area contributed by atoms with Crippen molar-refractivity contribution in [3.63, 3.8) is 0 Å². The van der Waals surface area contributed by atoms with Gasteiger partial charge in [-0.2, -0.15) is 0 Å². The normalized spacial score (nSPS) is 13.3. The molecule has 7 nitrogen and oxygen atoms in total. The van der Waals surface area contributed by atoms with Gasteiger partial charge in [-0.3, -0.25) is 0 Å². The van der Waals surface area contributed by atoms with E-state index in [2.05, 4.69) is 5.32 Å². The van der Waals surface area contributed by atoms with E-state index in [1.54, 1.807) is 36.4 Å². The average Bonchev–Trinajstić information content (AvgIpc) is 3.25. The van der Waals surface area contributed by atoms with Gasteiger partial charge < -0.3 is 15.2 Å². The van der Waals surface area contributed by atoms with E-state index in [4.69, 9.17) is 4.74 Å². The zero-order valence-electron chi connectivity index (χ0n) is 21.2. The van der Waals surface area contributed by atoms with Gasteiger partial charge >= 0.3 is 12.1 Å². The highest BCUT2D eigenvalue weighted by molar-refractivity contribution is 7.90. The number of nitrogens with one attached hydrogen (secondary N) is 1. The molecule has 198 valence electrons. The molecule has 0 aliphatic heterocycles. The van der Waals surface area contributed by atoms with Gasteiger partial charge in [0.1, 0.15) is 12.6 Å². The van der Waals surface area contributed by atoms with E-state index in [-0.39, 0.29) is 23.8 Å². The molecule has 5 rings (SSSR count). The number of fused-ring (bicyclic) bond motifs is 3. The number of sulfone groups is 1. The lowest BCUT2D eigenvalue weighted by Gasteiger charge is -2.17. The SMILES string of the molecule is CS(=O)(=O)c1ccc(-c2ccc(C[C@H](NC(=O)OCC3c4ccccc4-c4ccccc43)C(=O)O)cc2)cc1. The number of ether oxygens (including phenoxy) is 1. The third-order valence-corrected chi connectivity index (χ3v) is 8.07. The minimum absolute atomic E-state index is 0.0762. The summed E-state index contributed by atoms with van der Waals surface area (Å²) < 4.78 is 28.9. The van der Waals surface area contributed by atoms with Crippen LogP contribution in [0.2, 0.25) is 0 Å². The largest absolute Gasteiger partial charge is 0.480 e. The quantitative estimate of drug-likeness (QED) is 0.314. The number of amides is 1. The van der Waals surface area contributed by atoms with Gasteiger partial charge in [0.15, 0.2) is 9.84 Å². The molecule has 0 saturated carbocycles. The number of aliphatic carboxylic acids is 1. The topological polar surface area (TPSA) is 110 Å². The van der Waals surface area contributed by atoms with Crippen molar-refractivity contribution in [3.05, 3.63) is 114 Å². The lowest BCUT2D eigenvalue weighted by Crippen LogP contribution is -2.42. The maximum absolute atomic E-state index is 12.6. The third kappa shape index (κ3) is 5.71. The van der Waals surface area contributed by atoms with E-state index in [1.807, 2.05) is 60.7 Å². The van der Waals surface area contributed by atoms with Crippen molar-refractivity contribution in [1.82, 2.24) is 5.32 Å². The number of carboxylic acid groups (broad SMARTS) is 1. The summed E-state index contributed by atoms with van der Waals surface area (Å²) in [4.78, 5) is 24.8. The maximum atomic E-state index is 12.6. The number of alkyl carbamates (subject to hydrolysis) is 1. The van der Waals surface area contributed by atoms with Gasteiger partial charge in [0.25, 0.3) is 0 Å². The number of carboxylic acids is 1. The molecule has 0 spiro atoms. The molecule has 1 amide bonds. The number of hydrogen-bond donors (Lipinski definition) is 2. The van der Waals surface area contributed by atoms with Crippen molar-refractivity contribution in [1.29, 1.82) is 0 Å². The van der Waals surface area contributed by atoms with Gasteiger partial charge in [-0.05, 0) is 51.1 Å². The summed E-state index contributed by atoms with van der Waals surface area (Å²) in [5, 5.41) is 12.2. The van der Waals surface area contributed by atoms with Gasteiger partial charge in [-0.1, -0.05) is 84.9 Å². The summed E-state index contributed by atoms with van der Waals surface area (Å²) in [6.45, 7) is 0.0962. The Morgan fingerprint density at radius 3 is 1.85 bits per heavy atom. The van der Waals surface area contributed by atoms with E-state index in [9.17, 15) is 23.1 Å². The van der Waals surface area contributed by atoms with Crippen LogP contribution in [0.25, 0.3) is 22.3 Å². The molecule has 1 aliphatic rings. The molecule has 0 fully saturated rings. The number of rotatable bonds is 8. The van der Waals surface area contributed by atoms with Crippen molar-refractivity contribution in [3.8, 4) is 22.3 Å². The molecular formula is C31H27NO6S. The van der Waals surface area contributed by atoms with E-state index < -0.39 is 27.9 Å². The van der Waals surface area contributed by atoms with Crippen LogP contribution in [-0.4, -0.2) is 44.5 Å². The summed E-state index contributed by atoms with van der Waals surface area (Å²) >= 11 is 0. The van der Waals surface area contributed by atoms with E-state index >= 15 is 0 Å². The molecule has 39 heavy (non-hydrogen) atoms. The van der Waals surface area contributed by atoms with Crippen molar-refractivity contribution in [2.24, 2.45) is 0 Å². The van der Waals surface area contributed by atoms with Gasteiger partial charge in [0.2, 0.25) is 0 Å². The van der Waals surface area contributed by atoms with Crippen LogP contribution in [0.5, 0.6) is 0 Å². The molecule has 0 heterocycles. The fourth-order valence-electron chi connectivity index (χ4n) is 4.95. The molecule has 1 aliphatic carbocycles. The molecule has 0 aromatic heterocycles. The molecule has 4 aromatic rings. The second-order valence-electron chi connectivity index (χ2n) is 9.56. The summed E-state index contributed by atoms with van der Waals surface area (Å²) in [7, 11) is -3.28. The first-order valence-corrected chi connectivity index (χ1v) is 14.3. The maximum Gasteiger partial charge on any atom is 0.407 e. The van der Waals surface area contributed by atoms with E-state index in [1.165, 1.54) is 0 Å². The van der Waals surface area contributed by atoms with Crippen molar-refractivity contribution < 1.29 is 27.9 Å². The summed E-state index contributed by atoms with van der Waals surface area (Å²) in [6.07, 6.45) is 0.450. The zero-order chi connectivity index (χ0) is 27.6. The first-order valence-electron chi connectivity index (χ1n) is 12.4. The van der Waals surface area contributed by atoms with E-state index in [0.29, 0.717) is 0 Å². The number of carbonyl (C=O) groups is 2. The molecular weight excluding hydrogens is 514 g/mol. The molecule has 2 N–H and O–H groups in total. The predicted octanol–water partition coefficient (Wildman–Crippen LogP) is 5.29. The Labute approximate surface area is 227 Å². The molecule has 1 atom stereocenters. The summed E-state index contributed by atoms with van der Waals surface area (Å²) in [5.74, 6) is -1.28. The molecule has 0 radical (unpaired) electrons. The lowest BCUT2D eigenvalue weighted by atomic mass is 9.98. The minimum Gasteiger partial charge on any atom is -0.480 e. The van der Waals surface area contributed by atoms with Crippen molar-refractivity contribution in [2.75, 3.05) is 12.9 Å². The highest BCUT2D eigenvalue weighted by Gasteiger charge is 2.29. The Morgan fingerprint density at radius 1 is 0.821 bits per heavy atom. The Hall–Kier alpha value is -4.43. The highest BCUT2D eigenvalue weighted by atomic mass is 32.2. The van der Waals surface area contributed by atoms with Gasteiger partial charge in [-0.15, -0.1) is 0 Å². The summed E-state index contributed by atoms with van der Waals surface area (Å²) in [5.41, 5.74) is 6.79. The Kier molecular flexibility index (Phi) is 7.21. The van der Waals surface area contributed by atoms with Crippen LogP contribution in [-0.2, 0) is 25.8 Å². The fraction of sp³-hybridized carbons (Fsp3) is 0.161. The van der Waals surface area contributed by atoms with E-state index in [0.717, 1.165) is 45.2 Å². The molecule has 0 unspecified atom stereocenters.